The smallest absolute Gasteiger partial charge is 0.288 e. The Hall–Kier alpha value is -7.77. The number of carbonyl (C=O) groups is 2. The first-order chi connectivity index (χ1) is 35.2. The fourth-order valence-corrected chi connectivity index (χ4v) is 9.02. The van der Waals surface area contributed by atoms with Gasteiger partial charge in [0.2, 0.25) is 11.9 Å². The summed E-state index contributed by atoms with van der Waals surface area (Å²) in [7, 11) is 0. The molecule has 4 fully saturated rings. The van der Waals surface area contributed by atoms with E-state index >= 15 is 4.39 Å². The van der Waals surface area contributed by atoms with Gasteiger partial charge in [-0.1, -0.05) is 17.7 Å². The Bertz CT molecular complexity index is 2860. The number of halogens is 3. The Balaban J connectivity index is 0.729. The summed E-state index contributed by atoms with van der Waals surface area (Å²) in [5.74, 6) is -1.95. The molecule has 2 amide bonds. The number of hydrogen-bond acceptors (Lipinski definition) is 20. The third-order valence-corrected chi connectivity index (χ3v) is 12.6. The highest BCUT2D eigenvalue weighted by Gasteiger charge is 2.36. The van der Waals surface area contributed by atoms with Gasteiger partial charge in [0.15, 0.2) is 23.3 Å². The van der Waals surface area contributed by atoms with Gasteiger partial charge in [0, 0.05) is 68.1 Å². The fraction of sp³-hybridized carbons (Fsp3) is 0.319. The molecule has 10 rings (SSSR count). The van der Waals surface area contributed by atoms with Crippen molar-refractivity contribution in [3.05, 3.63) is 120 Å². The van der Waals surface area contributed by atoms with E-state index in [1.54, 1.807) is 41.6 Å². The van der Waals surface area contributed by atoms with Crippen LogP contribution >= 0.6 is 11.6 Å². The predicted molar refractivity (Wildman–Crippen MR) is 267 cm³/mol. The molecule has 0 saturated carbocycles. The van der Waals surface area contributed by atoms with Crippen molar-refractivity contribution in [3.8, 4) is 0 Å². The number of anilines is 10. The lowest BCUT2D eigenvalue weighted by Gasteiger charge is -2.45. The first-order valence-corrected chi connectivity index (χ1v) is 23.8. The van der Waals surface area contributed by atoms with E-state index in [1.807, 2.05) is 47.4 Å². The second-order valence-electron chi connectivity index (χ2n) is 17.2. The molecule has 4 aliphatic heterocycles. The topological polar surface area (TPSA) is 239 Å². The quantitative estimate of drug-likeness (QED) is 0.0646. The number of aromatic nitrogens is 6. The molecule has 6 aromatic rings. The second kappa shape index (κ2) is 22.1. The molecule has 4 aliphatic rings. The second-order valence-corrected chi connectivity index (χ2v) is 17.6. The van der Waals surface area contributed by atoms with E-state index in [0.717, 1.165) is 61.1 Å². The number of pyridine rings is 2. The predicted octanol–water partition coefficient (Wildman–Crippen LogP) is 4.78. The lowest BCUT2D eigenvalue weighted by molar-refractivity contribution is 0.0706. The van der Waals surface area contributed by atoms with Gasteiger partial charge in [0.1, 0.15) is 11.4 Å². The van der Waals surface area contributed by atoms with Crippen LogP contribution in [-0.4, -0.2) is 120 Å². The molecular weight excluding hydrogens is 954 g/mol. The van der Waals surface area contributed by atoms with Crippen LogP contribution in [0.3, 0.4) is 0 Å². The first-order valence-electron chi connectivity index (χ1n) is 23.4. The van der Waals surface area contributed by atoms with Gasteiger partial charge < -0.3 is 39.9 Å². The number of rotatable bonds is 15. The van der Waals surface area contributed by atoms with Crippen molar-refractivity contribution in [2.75, 3.05) is 114 Å². The van der Waals surface area contributed by atoms with Crippen LogP contribution in [0.4, 0.5) is 66.4 Å². The zero-order valence-electron chi connectivity index (χ0n) is 38.7. The molecule has 2 aromatic carbocycles. The minimum atomic E-state index is -0.603. The van der Waals surface area contributed by atoms with Crippen LogP contribution in [0.15, 0.2) is 91.5 Å². The van der Waals surface area contributed by atoms with E-state index in [1.165, 1.54) is 0 Å². The van der Waals surface area contributed by atoms with Crippen LogP contribution in [0.2, 0.25) is 5.02 Å². The maximum atomic E-state index is 15.7. The summed E-state index contributed by atoms with van der Waals surface area (Å²) < 4.78 is 41.4. The van der Waals surface area contributed by atoms with Crippen molar-refractivity contribution in [1.29, 1.82) is 0 Å². The van der Waals surface area contributed by atoms with Crippen LogP contribution < -0.4 is 63.0 Å². The van der Waals surface area contributed by atoms with E-state index in [2.05, 4.69) is 83.1 Å². The number of morpholine rings is 2. The third-order valence-electron chi connectivity index (χ3n) is 12.3. The molecule has 0 spiro atoms. The molecule has 2 unspecified atom stereocenters. The van der Waals surface area contributed by atoms with Crippen LogP contribution in [0.25, 0.3) is 0 Å². The number of benzene rings is 2. The molecular formula is C47H51ClF2N18O4. The lowest BCUT2D eigenvalue weighted by atomic mass is 9.92. The number of amides is 2. The first kappa shape index (κ1) is 47.9. The van der Waals surface area contributed by atoms with Crippen molar-refractivity contribution in [1.82, 2.24) is 51.6 Å². The highest BCUT2D eigenvalue weighted by molar-refractivity contribution is 6.31. The summed E-state index contributed by atoms with van der Waals surface area (Å²) >= 11 is 6.41. The largest absolute Gasteiger partial charge is 0.378 e. The molecule has 0 bridgehead atoms. The summed E-state index contributed by atoms with van der Waals surface area (Å²) in [6.45, 7) is 6.06. The average Bonchev–Trinajstić information content (AvgIpc) is 3.97. The number of carbonyl (C=O) groups excluding carboxylic acids is 2. The molecule has 0 radical (unpaired) electrons. The molecule has 4 saturated heterocycles. The number of hydrogen-bond donors (Lipinski definition) is 8. The fourth-order valence-electron chi connectivity index (χ4n) is 8.79. The number of nitrogens with one attached hydrogen (secondary N) is 8. The van der Waals surface area contributed by atoms with E-state index in [4.69, 9.17) is 21.1 Å². The van der Waals surface area contributed by atoms with Gasteiger partial charge >= 0.3 is 0 Å². The van der Waals surface area contributed by atoms with Gasteiger partial charge in [-0.15, -0.1) is 0 Å². The molecule has 2 atom stereocenters. The third kappa shape index (κ3) is 11.5. The lowest BCUT2D eigenvalue weighted by Crippen LogP contribution is -2.57. The summed E-state index contributed by atoms with van der Waals surface area (Å²) in [6.07, 6.45) is 7.05. The van der Waals surface area contributed by atoms with Crippen molar-refractivity contribution in [2.45, 2.75) is 18.9 Å². The molecule has 8 heterocycles. The van der Waals surface area contributed by atoms with Crippen molar-refractivity contribution < 1.29 is 27.8 Å². The van der Waals surface area contributed by atoms with Gasteiger partial charge in [-0.2, -0.15) is 9.97 Å². The molecule has 0 aliphatic carbocycles. The Kier molecular flexibility index (Phi) is 14.7. The normalized spacial score (nSPS) is 18.1. The van der Waals surface area contributed by atoms with E-state index in [0.29, 0.717) is 75.5 Å². The number of hydrazine groups is 4. The average molecular weight is 1010 g/mol. The highest BCUT2D eigenvalue weighted by Crippen LogP contribution is 2.32. The summed E-state index contributed by atoms with van der Waals surface area (Å²) in [6, 6.07) is 19.9. The SMILES string of the molecule is O=C(NNc1ncc(F)c(N2CCOCC2)n1)c1ccc(Nc2cccc(N3CC(C4COCCN4c4nc(NNC(=O)c5ccc(Nc6cc(Cl)cc(N7CCCN7)c6)cn5)ncc4F)CCN3)c2)cn1. The van der Waals surface area contributed by atoms with Gasteiger partial charge in [0.25, 0.3) is 11.8 Å². The van der Waals surface area contributed by atoms with Crippen molar-refractivity contribution in [3.63, 3.8) is 0 Å². The molecule has 8 N–H and O–H groups in total. The van der Waals surface area contributed by atoms with E-state index < -0.39 is 23.4 Å². The van der Waals surface area contributed by atoms with Gasteiger partial charge in [-0.25, -0.2) is 39.6 Å². The highest BCUT2D eigenvalue weighted by atomic mass is 35.5. The molecule has 72 heavy (non-hydrogen) atoms. The van der Waals surface area contributed by atoms with Crippen molar-refractivity contribution in [2.24, 2.45) is 5.92 Å². The monoisotopic (exact) mass is 1000 g/mol. The number of ether oxygens (including phenoxy) is 2. The zero-order valence-corrected chi connectivity index (χ0v) is 39.5. The van der Waals surface area contributed by atoms with Crippen LogP contribution in [0.1, 0.15) is 33.8 Å². The van der Waals surface area contributed by atoms with Crippen LogP contribution in [-0.2, 0) is 9.47 Å². The standard InChI is InChI=1S/C47H51ClF2N18O4/c48-30-19-34(22-36(20-30)67-12-2-10-55-67)58-33-6-8-40(52-24-33)45(70)62-64-47-54-26-38(50)43(60-47)66-15-18-72-28-41(66)29-9-11-56-68(27-29)35-4-1-3-31(21-35)57-32-5-7-39(51-23-32)44(69)61-63-46-53-25-37(49)42(59-46)65-13-16-71-17-14-65/h1,3-8,19-26,29,41,55-58H,2,9-18,27-28H2,(H,61,69)(H,62,70)(H,53,59,63)(H,54,60,64). The Labute approximate surface area is 417 Å². The molecule has 25 heteroatoms. The van der Waals surface area contributed by atoms with E-state index in [-0.39, 0.29) is 46.9 Å². The Morgan fingerprint density at radius 2 is 1.31 bits per heavy atom. The Morgan fingerprint density at radius 3 is 1.99 bits per heavy atom. The van der Waals surface area contributed by atoms with Crippen LogP contribution in [0, 0.1) is 17.6 Å². The summed E-state index contributed by atoms with van der Waals surface area (Å²) in [5.41, 5.74) is 22.2. The zero-order chi connectivity index (χ0) is 49.4. The van der Waals surface area contributed by atoms with Gasteiger partial charge in [-0.05, 0) is 73.5 Å². The molecule has 374 valence electrons. The summed E-state index contributed by atoms with van der Waals surface area (Å²) in [5, 5.41) is 11.3. The van der Waals surface area contributed by atoms with E-state index in [9.17, 15) is 14.0 Å². The van der Waals surface area contributed by atoms with Crippen molar-refractivity contribution >= 4 is 81.1 Å². The van der Waals surface area contributed by atoms with Gasteiger partial charge in [-0.3, -0.25) is 31.3 Å². The van der Waals surface area contributed by atoms with Crippen LogP contribution in [0.5, 0.6) is 0 Å². The minimum Gasteiger partial charge on any atom is -0.378 e. The molecule has 4 aromatic heterocycles. The molecule has 22 nitrogen and oxygen atoms in total. The maximum Gasteiger partial charge on any atom is 0.288 e. The Morgan fingerprint density at radius 1 is 0.653 bits per heavy atom. The number of nitrogens with zero attached hydrogens (tertiary/aromatic N) is 10. The maximum absolute atomic E-state index is 15.7. The minimum absolute atomic E-state index is 0.00389. The van der Waals surface area contributed by atoms with Gasteiger partial charge in [0.05, 0.1) is 80.0 Å². The summed E-state index contributed by atoms with van der Waals surface area (Å²) in [4.78, 5) is 55.2.